The largest absolute Gasteiger partial charge is 0.480 e. The van der Waals surface area contributed by atoms with Crippen molar-refractivity contribution in [2.75, 3.05) is 0 Å². The monoisotopic (exact) mass is 411 g/mol. The average Bonchev–Trinajstić information content (AvgIpc) is 3.06. The Morgan fingerprint density at radius 2 is 1.76 bits per heavy atom. The Kier molecular flexibility index (Phi) is 4.97. The van der Waals surface area contributed by atoms with E-state index in [9.17, 15) is 4.79 Å². The highest BCUT2D eigenvalue weighted by Crippen LogP contribution is 2.45. The molecule has 0 amide bonds. The van der Waals surface area contributed by atoms with Crippen molar-refractivity contribution in [2.45, 2.75) is 24.8 Å². The van der Waals surface area contributed by atoms with Crippen LogP contribution in [-0.4, -0.2) is 17.1 Å². The van der Waals surface area contributed by atoms with Gasteiger partial charge in [0.15, 0.2) is 0 Å². The minimum atomic E-state index is -3.18. The van der Waals surface area contributed by atoms with Gasteiger partial charge in [0, 0.05) is 11.1 Å². The molecule has 3 nitrogen and oxygen atoms in total. The number of carboxylic acids is 1. The summed E-state index contributed by atoms with van der Waals surface area (Å²) in [6, 6.07) is 16.1. The molecule has 29 heavy (non-hydrogen) atoms. The number of hydrogen-bond donors (Lipinski definition) is 2. The number of alkyl halides is 2. The number of aliphatic carboxylic acids is 1. The van der Waals surface area contributed by atoms with Crippen LogP contribution < -0.4 is 11.0 Å². The average molecular weight is 411 g/mol. The van der Waals surface area contributed by atoms with Gasteiger partial charge in [-0.1, -0.05) is 60.7 Å². The van der Waals surface area contributed by atoms with Crippen LogP contribution >= 0.6 is 9.24 Å². The molecule has 0 spiro atoms. The zero-order chi connectivity index (χ0) is 20.8. The van der Waals surface area contributed by atoms with Crippen LogP contribution in [0.1, 0.15) is 27.8 Å². The van der Waals surface area contributed by atoms with Crippen molar-refractivity contribution in [3.63, 3.8) is 0 Å². The zero-order valence-electron chi connectivity index (χ0n) is 15.5. The zero-order valence-corrected chi connectivity index (χ0v) is 16.7. The van der Waals surface area contributed by atoms with Crippen LogP contribution in [0.2, 0.25) is 0 Å². The molecule has 0 bridgehead atoms. The van der Waals surface area contributed by atoms with Gasteiger partial charge in [-0.05, 0) is 46.0 Å². The van der Waals surface area contributed by atoms with Crippen molar-refractivity contribution in [2.24, 2.45) is 5.73 Å². The summed E-state index contributed by atoms with van der Waals surface area (Å²) in [4.78, 5) is 10.9. The third-order valence-corrected chi connectivity index (χ3v) is 5.90. The molecule has 4 rings (SSSR count). The molecule has 3 aromatic carbocycles. The van der Waals surface area contributed by atoms with E-state index < -0.39 is 17.9 Å². The van der Waals surface area contributed by atoms with Crippen LogP contribution in [0.4, 0.5) is 8.78 Å². The minimum absolute atomic E-state index is 0.0196. The van der Waals surface area contributed by atoms with Gasteiger partial charge in [0.2, 0.25) is 0 Å². The minimum Gasteiger partial charge on any atom is -0.480 e. The van der Waals surface area contributed by atoms with E-state index in [1.165, 1.54) is 24.3 Å². The molecule has 0 aliphatic heterocycles. The quantitative estimate of drug-likeness (QED) is 0.491. The maximum Gasteiger partial charge on any atom is 0.320 e. The fraction of sp³-hybridized carbons (Fsp3) is 0.174. The molecule has 0 radical (unpaired) electrons. The van der Waals surface area contributed by atoms with Gasteiger partial charge >= 0.3 is 5.97 Å². The van der Waals surface area contributed by atoms with Gasteiger partial charge in [-0.3, -0.25) is 4.79 Å². The lowest BCUT2D eigenvalue weighted by Crippen LogP contribution is -2.32. The fourth-order valence-electron chi connectivity index (χ4n) is 3.94. The lowest BCUT2D eigenvalue weighted by Gasteiger charge is -2.23. The van der Waals surface area contributed by atoms with E-state index in [4.69, 9.17) is 10.8 Å². The Hall–Kier alpha value is -2.62. The topological polar surface area (TPSA) is 63.3 Å². The standard InChI is InChI=1S/C23H20F2NO2P/c24-23(25,15-7-5-13(6-8-15)11-19(26)22(27)28)21-18-12-14-3-1-2-4-16(14)17(18)9-10-20(21)29/h1-10,19H,11-12,26,29H2,(H,27,28)/t19-/m0/s1. The third-order valence-electron chi connectivity index (χ3n) is 5.42. The molecule has 148 valence electrons. The molecule has 0 saturated heterocycles. The van der Waals surface area contributed by atoms with Gasteiger partial charge in [0.05, 0.1) is 0 Å². The van der Waals surface area contributed by atoms with Gasteiger partial charge in [0.25, 0.3) is 5.92 Å². The highest BCUT2D eigenvalue weighted by molar-refractivity contribution is 7.27. The lowest BCUT2D eigenvalue weighted by atomic mass is 9.91. The second kappa shape index (κ2) is 7.33. The van der Waals surface area contributed by atoms with Crippen molar-refractivity contribution in [3.05, 3.63) is 88.5 Å². The number of hydrogen-bond acceptors (Lipinski definition) is 2. The Morgan fingerprint density at radius 1 is 1.07 bits per heavy atom. The second-order valence-corrected chi connectivity index (χ2v) is 7.93. The first-order valence-corrected chi connectivity index (χ1v) is 9.82. The molecule has 3 N–H and O–H groups in total. The summed E-state index contributed by atoms with van der Waals surface area (Å²) in [5.41, 5.74) is 9.59. The second-order valence-electron chi connectivity index (χ2n) is 7.31. The van der Waals surface area contributed by atoms with E-state index in [-0.39, 0.29) is 17.5 Å². The molecular weight excluding hydrogens is 391 g/mol. The summed E-state index contributed by atoms with van der Waals surface area (Å²) in [6.07, 6.45) is 0.566. The van der Waals surface area contributed by atoms with Crippen molar-refractivity contribution in [3.8, 4) is 11.1 Å². The first kappa shape index (κ1) is 19.7. The Balaban J connectivity index is 1.73. The summed E-state index contributed by atoms with van der Waals surface area (Å²) in [6.45, 7) is 0. The van der Waals surface area contributed by atoms with Crippen LogP contribution in [0.25, 0.3) is 11.1 Å². The summed E-state index contributed by atoms with van der Waals surface area (Å²) in [7, 11) is 2.43. The number of nitrogens with two attached hydrogens (primary N) is 1. The van der Waals surface area contributed by atoms with E-state index in [0.29, 0.717) is 22.9 Å². The van der Waals surface area contributed by atoms with Gasteiger partial charge in [-0.2, -0.15) is 8.78 Å². The summed E-state index contributed by atoms with van der Waals surface area (Å²) < 4.78 is 31.2. The molecule has 2 atom stereocenters. The van der Waals surface area contributed by atoms with Crippen molar-refractivity contribution in [1.29, 1.82) is 0 Å². The molecule has 0 fully saturated rings. The highest BCUT2D eigenvalue weighted by atomic mass is 31.0. The van der Waals surface area contributed by atoms with Crippen molar-refractivity contribution < 1.29 is 18.7 Å². The molecule has 1 aliphatic carbocycles. The maximum atomic E-state index is 15.6. The van der Waals surface area contributed by atoms with Gasteiger partial charge in [0.1, 0.15) is 6.04 Å². The number of carboxylic acid groups (broad SMARTS) is 1. The molecular formula is C23H20F2NO2P. The predicted molar refractivity (Wildman–Crippen MR) is 113 cm³/mol. The van der Waals surface area contributed by atoms with Crippen LogP contribution in [0, 0.1) is 0 Å². The third kappa shape index (κ3) is 3.45. The molecule has 3 aromatic rings. The van der Waals surface area contributed by atoms with Gasteiger partial charge in [-0.15, -0.1) is 9.24 Å². The molecule has 1 unspecified atom stereocenters. The number of halogens is 2. The van der Waals surface area contributed by atoms with E-state index in [2.05, 4.69) is 9.24 Å². The molecule has 0 heterocycles. The number of rotatable bonds is 5. The smallest absolute Gasteiger partial charge is 0.320 e. The van der Waals surface area contributed by atoms with E-state index >= 15 is 8.78 Å². The Morgan fingerprint density at radius 3 is 2.45 bits per heavy atom. The predicted octanol–water partition coefficient (Wildman–Crippen LogP) is 3.85. The normalized spacial score (nSPS) is 13.7. The number of benzene rings is 3. The number of carbonyl (C=O) groups is 1. The molecule has 0 saturated carbocycles. The van der Waals surface area contributed by atoms with Crippen LogP contribution in [0.15, 0.2) is 60.7 Å². The van der Waals surface area contributed by atoms with Gasteiger partial charge < -0.3 is 10.8 Å². The lowest BCUT2D eigenvalue weighted by molar-refractivity contribution is -0.138. The van der Waals surface area contributed by atoms with Crippen LogP contribution in [0.5, 0.6) is 0 Å². The SMILES string of the molecule is N[C@@H](Cc1ccc(C(F)(F)c2c(P)ccc3c2Cc2ccccc2-3)cc1)C(=O)O. The summed E-state index contributed by atoms with van der Waals surface area (Å²) >= 11 is 0. The Labute approximate surface area is 169 Å². The molecule has 1 aliphatic rings. The van der Waals surface area contributed by atoms with Crippen molar-refractivity contribution in [1.82, 2.24) is 0 Å². The first-order valence-electron chi connectivity index (χ1n) is 9.24. The number of fused-ring (bicyclic) bond motifs is 3. The molecule has 0 aromatic heterocycles. The molecule has 6 heteroatoms. The van der Waals surface area contributed by atoms with Gasteiger partial charge in [-0.25, -0.2) is 0 Å². The van der Waals surface area contributed by atoms with E-state index in [1.54, 1.807) is 6.07 Å². The maximum absolute atomic E-state index is 15.6. The Bertz CT molecular complexity index is 1100. The van der Waals surface area contributed by atoms with Crippen molar-refractivity contribution >= 4 is 20.5 Å². The van der Waals surface area contributed by atoms with Crippen LogP contribution in [-0.2, 0) is 23.6 Å². The van der Waals surface area contributed by atoms with Crippen LogP contribution in [0.3, 0.4) is 0 Å². The summed E-state index contributed by atoms with van der Waals surface area (Å²) in [5.74, 6) is -4.30. The highest BCUT2D eigenvalue weighted by Gasteiger charge is 2.40. The first-order chi connectivity index (χ1) is 13.8. The van der Waals surface area contributed by atoms with E-state index in [0.717, 1.165) is 16.7 Å². The van der Waals surface area contributed by atoms with E-state index in [1.807, 2.05) is 30.3 Å². The fourth-order valence-corrected chi connectivity index (χ4v) is 4.39. The summed E-state index contributed by atoms with van der Waals surface area (Å²) in [5, 5.41) is 9.39.